The quantitative estimate of drug-likeness (QED) is 0.756. The Balaban J connectivity index is 2.14. The van der Waals surface area contributed by atoms with Crippen LogP contribution in [0.25, 0.3) is 0 Å². The number of benzene rings is 2. The van der Waals surface area contributed by atoms with Crippen LogP contribution in [0, 0.1) is 6.92 Å². The van der Waals surface area contributed by atoms with Crippen molar-refractivity contribution in [3.8, 4) is 11.5 Å². The minimum absolute atomic E-state index is 0.0757. The summed E-state index contributed by atoms with van der Waals surface area (Å²) in [6.07, 6.45) is 0. The first-order valence-corrected chi connectivity index (χ1v) is 6.37. The van der Waals surface area contributed by atoms with Crippen LogP contribution >= 0.6 is 15.9 Å². The molecule has 0 bridgehead atoms. The molecular weight excluding hydrogens is 294 g/mol. The molecule has 3 N–H and O–H groups in total. The van der Waals surface area contributed by atoms with Crippen LogP contribution in [0.15, 0.2) is 40.9 Å². The van der Waals surface area contributed by atoms with Gasteiger partial charge in [-0.1, -0.05) is 18.2 Å². The van der Waals surface area contributed by atoms with Crippen LogP contribution in [0.2, 0.25) is 0 Å². The molecule has 2 rings (SSSR count). The van der Waals surface area contributed by atoms with Crippen molar-refractivity contribution in [3.05, 3.63) is 52.0 Å². The van der Waals surface area contributed by atoms with Gasteiger partial charge in [-0.3, -0.25) is 0 Å². The lowest BCUT2D eigenvalue weighted by atomic mass is 10.1. The number of nitrogens with one attached hydrogen (secondary N) is 1. The second kappa shape index (κ2) is 5.31. The first-order valence-electron chi connectivity index (χ1n) is 5.58. The lowest BCUT2D eigenvalue weighted by Crippen LogP contribution is -2.00. The molecule has 0 saturated heterocycles. The smallest absolute Gasteiger partial charge is 0.162 e. The van der Waals surface area contributed by atoms with E-state index < -0.39 is 0 Å². The lowest BCUT2D eigenvalue weighted by molar-refractivity contribution is 0.400. The molecule has 0 aliphatic carbocycles. The molecule has 0 aliphatic heterocycles. The van der Waals surface area contributed by atoms with E-state index in [4.69, 9.17) is 0 Å². The van der Waals surface area contributed by atoms with E-state index in [1.807, 2.05) is 25.1 Å². The van der Waals surface area contributed by atoms with Crippen molar-refractivity contribution in [1.29, 1.82) is 0 Å². The van der Waals surface area contributed by atoms with Crippen LogP contribution in [-0.2, 0) is 6.54 Å². The summed E-state index contributed by atoms with van der Waals surface area (Å²) in [6, 6.07) is 10.9. The molecule has 0 unspecified atom stereocenters. The molecule has 0 fully saturated rings. The normalized spacial score (nSPS) is 10.3. The zero-order valence-electron chi connectivity index (χ0n) is 9.94. The lowest BCUT2D eigenvalue weighted by Gasteiger charge is -2.11. The Hall–Kier alpha value is -1.68. The van der Waals surface area contributed by atoms with Gasteiger partial charge in [-0.25, -0.2) is 0 Å². The fraction of sp³-hybridized carbons (Fsp3) is 0.143. The molecular formula is C14H14BrNO2. The van der Waals surface area contributed by atoms with E-state index in [1.165, 1.54) is 11.6 Å². The number of anilines is 1. The maximum Gasteiger partial charge on any atom is 0.162 e. The summed E-state index contributed by atoms with van der Waals surface area (Å²) in [4.78, 5) is 0. The summed E-state index contributed by atoms with van der Waals surface area (Å²) >= 11 is 3.48. The number of aryl methyl sites for hydroxylation is 1. The zero-order valence-corrected chi connectivity index (χ0v) is 11.5. The minimum Gasteiger partial charge on any atom is -0.504 e. The monoisotopic (exact) mass is 307 g/mol. The number of halogens is 1. The van der Waals surface area contributed by atoms with Gasteiger partial charge < -0.3 is 15.5 Å². The highest BCUT2D eigenvalue weighted by Gasteiger charge is 2.06. The fourth-order valence-electron chi connectivity index (χ4n) is 1.67. The molecule has 0 aromatic heterocycles. The third-order valence-corrected chi connectivity index (χ3v) is 3.35. The zero-order chi connectivity index (χ0) is 13.1. The molecule has 0 aliphatic rings. The van der Waals surface area contributed by atoms with E-state index >= 15 is 0 Å². The summed E-state index contributed by atoms with van der Waals surface area (Å²) in [5.41, 5.74) is 2.78. The van der Waals surface area contributed by atoms with Crippen LogP contribution in [0.4, 0.5) is 5.69 Å². The van der Waals surface area contributed by atoms with Crippen molar-refractivity contribution in [1.82, 2.24) is 0 Å². The molecule has 3 nitrogen and oxygen atoms in total. The first-order chi connectivity index (χ1) is 8.58. The third-order valence-electron chi connectivity index (χ3n) is 2.69. The molecule has 0 saturated carbocycles. The van der Waals surface area contributed by atoms with Crippen molar-refractivity contribution in [2.45, 2.75) is 13.5 Å². The predicted molar refractivity (Wildman–Crippen MR) is 76.0 cm³/mol. The van der Waals surface area contributed by atoms with Crippen molar-refractivity contribution in [3.63, 3.8) is 0 Å². The molecule has 2 aromatic carbocycles. The second-order valence-corrected chi connectivity index (χ2v) is 4.98. The third kappa shape index (κ3) is 2.76. The maximum absolute atomic E-state index is 9.69. The predicted octanol–water partition coefficient (Wildman–Crippen LogP) is 3.78. The van der Waals surface area contributed by atoms with Crippen molar-refractivity contribution in [2.75, 3.05) is 5.32 Å². The Bertz CT molecular complexity index is 570. The van der Waals surface area contributed by atoms with Gasteiger partial charge >= 0.3 is 0 Å². The summed E-state index contributed by atoms with van der Waals surface area (Å²) in [5, 5.41) is 22.3. The topological polar surface area (TPSA) is 52.5 Å². The molecule has 0 heterocycles. The van der Waals surface area contributed by atoms with E-state index in [2.05, 4.69) is 21.2 Å². The fourth-order valence-corrected chi connectivity index (χ4v) is 2.31. The standard InChI is InChI=1S/C14H14BrNO2/c1-9-5-6-12(11(15)7-9)16-8-10-3-2-4-13(17)14(10)18/h2-7,16-18H,8H2,1H3. The first kappa shape index (κ1) is 12.8. The average Bonchev–Trinajstić information content (AvgIpc) is 2.33. The Morgan fingerprint density at radius 2 is 1.94 bits per heavy atom. The second-order valence-electron chi connectivity index (χ2n) is 4.12. The highest BCUT2D eigenvalue weighted by atomic mass is 79.9. The SMILES string of the molecule is Cc1ccc(NCc2cccc(O)c2O)c(Br)c1. The Labute approximate surface area is 114 Å². The van der Waals surface area contributed by atoms with Gasteiger partial charge in [0.2, 0.25) is 0 Å². The van der Waals surface area contributed by atoms with Gasteiger partial charge in [0.15, 0.2) is 11.5 Å². The number of phenolic OH excluding ortho intramolecular Hbond substituents is 2. The van der Waals surface area contributed by atoms with Crippen molar-refractivity contribution >= 4 is 21.6 Å². The molecule has 0 atom stereocenters. The summed E-state index contributed by atoms with van der Waals surface area (Å²) in [5.74, 6) is -0.175. The van der Waals surface area contributed by atoms with E-state index in [9.17, 15) is 10.2 Å². The number of hydrogen-bond donors (Lipinski definition) is 3. The molecule has 0 radical (unpaired) electrons. The van der Waals surface area contributed by atoms with Crippen molar-refractivity contribution < 1.29 is 10.2 Å². The average molecular weight is 308 g/mol. The Morgan fingerprint density at radius 3 is 2.67 bits per heavy atom. The maximum atomic E-state index is 9.69. The summed E-state index contributed by atoms with van der Waals surface area (Å²) in [6.45, 7) is 2.47. The Morgan fingerprint density at radius 1 is 1.17 bits per heavy atom. The van der Waals surface area contributed by atoms with Gasteiger partial charge in [-0.2, -0.15) is 0 Å². The largest absolute Gasteiger partial charge is 0.504 e. The number of hydrogen-bond acceptors (Lipinski definition) is 3. The van der Waals surface area contributed by atoms with Gasteiger partial charge in [0, 0.05) is 22.3 Å². The van der Waals surface area contributed by atoms with Gasteiger partial charge in [-0.05, 0) is 46.6 Å². The molecule has 94 valence electrons. The molecule has 0 spiro atoms. The van der Waals surface area contributed by atoms with E-state index in [1.54, 1.807) is 12.1 Å². The van der Waals surface area contributed by atoms with Crippen LogP contribution < -0.4 is 5.32 Å². The number of rotatable bonds is 3. The van der Waals surface area contributed by atoms with Gasteiger partial charge in [0.25, 0.3) is 0 Å². The minimum atomic E-state index is -0.0997. The Kier molecular flexibility index (Phi) is 3.77. The number of phenols is 2. The van der Waals surface area contributed by atoms with Gasteiger partial charge in [0.05, 0.1) is 0 Å². The highest BCUT2D eigenvalue weighted by molar-refractivity contribution is 9.10. The highest BCUT2D eigenvalue weighted by Crippen LogP contribution is 2.30. The molecule has 0 amide bonds. The summed E-state index contributed by atoms with van der Waals surface area (Å²) < 4.78 is 0.974. The number of aromatic hydroxyl groups is 2. The van der Waals surface area contributed by atoms with Gasteiger partial charge in [0.1, 0.15) is 0 Å². The number of para-hydroxylation sites is 1. The van der Waals surface area contributed by atoms with Crippen LogP contribution in [0.3, 0.4) is 0 Å². The molecule has 2 aromatic rings. The van der Waals surface area contributed by atoms with E-state index in [0.717, 1.165) is 10.2 Å². The van der Waals surface area contributed by atoms with E-state index in [0.29, 0.717) is 12.1 Å². The molecule has 4 heteroatoms. The van der Waals surface area contributed by atoms with E-state index in [-0.39, 0.29) is 11.5 Å². The van der Waals surface area contributed by atoms with Crippen LogP contribution in [0.5, 0.6) is 11.5 Å². The van der Waals surface area contributed by atoms with Gasteiger partial charge in [-0.15, -0.1) is 0 Å². The molecule has 18 heavy (non-hydrogen) atoms. The van der Waals surface area contributed by atoms with Crippen molar-refractivity contribution in [2.24, 2.45) is 0 Å². The van der Waals surface area contributed by atoms with Crippen LogP contribution in [-0.4, -0.2) is 10.2 Å². The van der Waals surface area contributed by atoms with Crippen LogP contribution in [0.1, 0.15) is 11.1 Å². The summed E-state index contributed by atoms with van der Waals surface area (Å²) in [7, 11) is 0.